The highest BCUT2D eigenvalue weighted by Gasteiger charge is 2.21. The molecule has 118 valence electrons. The van der Waals surface area contributed by atoms with Crippen molar-refractivity contribution in [1.29, 1.82) is 0 Å². The number of aryl methyl sites for hydroxylation is 2. The van der Waals surface area contributed by atoms with E-state index >= 15 is 0 Å². The summed E-state index contributed by atoms with van der Waals surface area (Å²) in [4.78, 5) is 13.3. The van der Waals surface area contributed by atoms with Crippen LogP contribution in [0, 0.1) is 0 Å². The highest BCUT2D eigenvalue weighted by molar-refractivity contribution is 5.75. The molecule has 21 heavy (non-hydrogen) atoms. The average molecular weight is 291 g/mol. The lowest BCUT2D eigenvalue weighted by molar-refractivity contribution is -0.128. The molecule has 4 nitrogen and oxygen atoms in total. The molecule has 1 unspecified atom stereocenters. The van der Waals surface area contributed by atoms with Gasteiger partial charge < -0.3 is 14.8 Å². The van der Waals surface area contributed by atoms with Crippen LogP contribution in [0.4, 0.5) is 0 Å². The lowest BCUT2D eigenvalue weighted by Gasteiger charge is -2.23. The minimum atomic E-state index is 0.217. The zero-order valence-corrected chi connectivity index (χ0v) is 13.7. The molecule has 4 heteroatoms. The summed E-state index contributed by atoms with van der Waals surface area (Å²) in [7, 11) is 3.64. The van der Waals surface area contributed by atoms with Crippen molar-refractivity contribution < 1.29 is 4.79 Å². The summed E-state index contributed by atoms with van der Waals surface area (Å²) in [5.74, 6) is 0.217. The van der Waals surface area contributed by atoms with Crippen molar-refractivity contribution >= 4 is 5.91 Å². The van der Waals surface area contributed by atoms with Crippen LogP contribution in [0.2, 0.25) is 0 Å². The van der Waals surface area contributed by atoms with Crippen molar-refractivity contribution in [3.63, 3.8) is 0 Å². The van der Waals surface area contributed by atoms with Gasteiger partial charge in [-0.1, -0.05) is 6.92 Å². The Balaban J connectivity index is 1.91. The highest BCUT2D eigenvalue weighted by atomic mass is 16.2. The van der Waals surface area contributed by atoms with Crippen LogP contribution in [0.3, 0.4) is 0 Å². The summed E-state index contributed by atoms with van der Waals surface area (Å²) in [5.41, 5.74) is 2.97. The molecular weight excluding hydrogens is 262 g/mol. The Labute approximate surface area is 128 Å². The van der Waals surface area contributed by atoms with Gasteiger partial charge in [0.15, 0.2) is 0 Å². The molecule has 1 aromatic heterocycles. The first kappa shape index (κ1) is 16.1. The number of fused-ring (bicyclic) bond motifs is 1. The predicted octanol–water partition coefficient (Wildman–Crippen LogP) is 2.73. The number of rotatable bonds is 7. The van der Waals surface area contributed by atoms with Crippen LogP contribution in [0.5, 0.6) is 0 Å². The Morgan fingerprint density at radius 2 is 2.24 bits per heavy atom. The van der Waals surface area contributed by atoms with Crippen molar-refractivity contribution in [3.8, 4) is 0 Å². The quantitative estimate of drug-likeness (QED) is 0.838. The molecule has 2 rings (SSSR count). The van der Waals surface area contributed by atoms with Crippen LogP contribution >= 0.6 is 0 Å². The van der Waals surface area contributed by atoms with Crippen LogP contribution < -0.4 is 5.32 Å². The largest absolute Gasteiger partial charge is 0.354 e. The maximum Gasteiger partial charge on any atom is 0.222 e. The van der Waals surface area contributed by atoms with E-state index in [0.717, 1.165) is 19.5 Å². The van der Waals surface area contributed by atoms with Gasteiger partial charge in [-0.3, -0.25) is 4.79 Å². The van der Waals surface area contributed by atoms with Gasteiger partial charge in [-0.15, -0.1) is 0 Å². The van der Waals surface area contributed by atoms with Gasteiger partial charge in [-0.05, 0) is 49.8 Å². The fourth-order valence-electron chi connectivity index (χ4n) is 3.04. The summed E-state index contributed by atoms with van der Waals surface area (Å²) in [5, 5.41) is 3.66. The Kier molecular flexibility index (Phi) is 5.85. The van der Waals surface area contributed by atoms with Crippen LogP contribution in [-0.4, -0.2) is 36.0 Å². The molecule has 1 amide bonds. The first-order valence-corrected chi connectivity index (χ1v) is 8.24. The number of hydrogen-bond donors (Lipinski definition) is 1. The number of aromatic nitrogens is 1. The van der Waals surface area contributed by atoms with Gasteiger partial charge in [-0.2, -0.15) is 0 Å². The monoisotopic (exact) mass is 291 g/mol. The molecule has 1 heterocycles. The van der Waals surface area contributed by atoms with E-state index in [0.29, 0.717) is 12.5 Å². The highest BCUT2D eigenvalue weighted by Crippen LogP contribution is 2.30. The third-order valence-electron chi connectivity index (χ3n) is 4.26. The van der Waals surface area contributed by atoms with Crippen molar-refractivity contribution in [3.05, 3.63) is 23.5 Å². The fraction of sp³-hybridized carbons (Fsp3) is 0.706. The maximum atomic E-state index is 11.6. The van der Waals surface area contributed by atoms with Crippen LogP contribution in [0.1, 0.15) is 56.2 Å². The molecule has 0 aliphatic heterocycles. The summed E-state index contributed by atoms with van der Waals surface area (Å²) >= 11 is 0. The van der Waals surface area contributed by atoms with Gasteiger partial charge in [0.05, 0.1) is 0 Å². The van der Waals surface area contributed by atoms with Gasteiger partial charge in [0.1, 0.15) is 0 Å². The first-order valence-electron chi connectivity index (χ1n) is 8.24. The maximum absolute atomic E-state index is 11.6. The molecule has 1 atom stereocenters. The molecule has 0 aromatic carbocycles. The first-order chi connectivity index (χ1) is 10.1. The Morgan fingerprint density at radius 3 is 2.95 bits per heavy atom. The molecule has 0 fully saturated rings. The second-order valence-electron chi connectivity index (χ2n) is 6.27. The van der Waals surface area contributed by atoms with E-state index in [1.165, 1.54) is 36.8 Å². The third kappa shape index (κ3) is 4.34. The summed E-state index contributed by atoms with van der Waals surface area (Å²) < 4.78 is 2.28. The minimum absolute atomic E-state index is 0.217. The van der Waals surface area contributed by atoms with E-state index in [1.807, 2.05) is 14.1 Å². The van der Waals surface area contributed by atoms with E-state index in [4.69, 9.17) is 0 Å². The lowest BCUT2D eigenvalue weighted by Crippen LogP contribution is -2.24. The lowest BCUT2D eigenvalue weighted by atomic mass is 9.91. The number of carbonyl (C=O) groups excluding carboxylic acids is 1. The summed E-state index contributed by atoms with van der Waals surface area (Å²) in [6.07, 6.45) is 11.0. The predicted molar refractivity (Wildman–Crippen MR) is 86.3 cm³/mol. The molecular formula is C17H29N3O. The van der Waals surface area contributed by atoms with Crippen molar-refractivity contribution in [2.24, 2.45) is 0 Å². The Morgan fingerprint density at radius 1 is 1.43 bits per heavy atom. The zero-order valence-electron chi connectivity index (χ0n) is 13.7. The smallest absolute Gasteiger partial charge is 0.222 e. The topological polar surface area (TPSA) is 37.3 Å². The van der Waals surface area contributed by atoms with Crippen molar-refractivity contribution in [1.82, 2.24) is 14.8 Å². The van der Waals surface area contributed by atoms with Crippen LogP contribution in [0.15, 0.2) is 12.4 Å². The van der Waals surface area contributed by atoms with Gasteiger partial charge in [0.2, 0.25) is 5.91 Å². The summed E-state index contributed by atoms with van der Waals surface area (Å²) in [6.45, 7) is 4.24. The van der Waals surface area contributed by atoms with Crippen molar-refractivity contribution in [2.75, 3.05) is 20.6 Å². The molecule has 0 radical (unpaired) electrons. The van der Waals surface area contributed by atoms with Gasteiger partial charge in [0.25, 0.3) is 0 Å². The SMILES string of the molecule is CCCNC1CCCc2cn(CCCC(=O)N(C)C)cc21. The number of amides is 1. The fourth-order valence-corrected chi connectivity index (χ4v) is 3.04. The standard InChI is InChI=1S/C17H29N3O/c1-4-10-18-16-8-5-7-14-12-20(13-15(14)16)11-6-9-17(21)19(2)3/h12-13,16,18H,4-11H2,1-3H3. The van der Waals surface area contributed by atoms with Crippen LogP contribution in [0.25, 0.3) is 0 Å². The van der Waals surface area contributed by atoms with Gasteiger partial charge >= 0.3 is 0 Å². The van der Waals surface area contributed by atoms with E-state index in [2.05, 4.69) is 29.2 Å². The van der Waals surface area contributed by atoms with Crippen LogP contribution in [-0.2, 0) is 17.8 Å². The third-order valence-corrected chi connectivity index (χ3v) is 4.26. The number of nitrogens with one attached hydrogen (secondary N) is 1. The minimum Gasteiger partial charge on any atom is -0.354 e. The zero-order chi connectivity index (χ0) is 15.2. The molecule has 0 bridgehead atoms. The van der Waals surface area contributed by atoms with Crippen molar-refractivity contribution in [2.45, 2.75) is 58.0 Å². The molecule has 0 saturated carbocycles. The van der Waals surface area contributed by atoms with E-state index in [-0.39, 0.29) is 5.91 Å². The van der Waals surface area contributed by atoms with E-state index in [9.17, 15) is 4.79 Å². The normalized spacial score (nSPS) is 17.6. The molecule has 1 N–H and O–H groups in total. The second kappa shape index (κ2) is 7.64. The second-order valence-corrected chi connectivity index (χ2v) is 6.27. The Hall–Kier alpha value is -1.29. The number of nitrogens with zero attached hydrogens (tertiary/aromatic N) is 2. The molecule has 0 spiro atoms. The van der Waals surface area contributed by atoms with E-state index < -0.39 is 0 Å². The van der Waals surface area contributed by atoms with E-state index in [1.54, 1.807) is 4.90 Å². The molecule has 1 aliphatic rings. The summed E-state index contributed by atoms with van der Waals surface area (Å²) in [6, 6.07) is 0.526. The molecule has 1 aromatic rings. The number of carbonyl (C=O) groups is 1. The Bertz CT molecular complexity index is 465. The average Bonchev–Trinajstić information content (AvgIpc) is 2.88. The molecule has 1 aliphatic carbocycles. The van der Waals surface area contributed by atoms with Gasteiger partial charge in [-0.25, -0.2) is 0 Å². The molecule has 0 saturated heterocycles. The number of hydrogen-bond acceptors (Lipinski definition) is 2. The van der Waals surface area contributed by atoms with Gasteiger partial charge in [0, 0.05) is 45.5 Å².